The predicted octanol–water partition coefficient (Wildman–Crippen LogP) is 3.22. The smallest absolute Gasteiger partial charge is 0.254 e. The number of benzene rings is 1. The summed E-state index contributed by atoms with van der Waals surface area (Å²) in [5.74, 6) is 1.56. The molecule has 7 nitrogen and oxygen atoms in total. The molecule has 0 bridgehead atoms. The van der Waals surface area contributed by atoms with Crippen molar-refractivity contribution in [3.8, 4) is 22.6 Å². The summed E-state index contributed by atoms with van der Waals surface area (Å²) >= 11 is 0. The van der Waals surface area contributed by atoms with Crippen LogP contribution in [0.25, 0.3) is 11.1 Å². The van der Waals surface area contributed by atoms with Crippen LogP contribution in [0.1, 0.15) is 34.8 Å². The number of amides is 1. The zero-order valence-electron chi connectivity index (χ0n) is 15.3. The van der Waals surface area contributed by atoms with Crippen LogP contribution in [0, 0.1) is 0 Å². The van der Waals surface area contributed by atoms with Crippen molar-refractivity contribution in [1.82, 2.24) is 20.1 Å². The van der Waals surface area contributed by atoms with Gasteiger partial charge in [-0.25, -0.2) is 0 Å². The van der Waals surface area contributed by atoms with Gasteiger partial charge in [-0.05, 0) is 48.7 Å². The maximum atomic E-state index is 13.1. The quantitative estimate of drug-likeness (QED) is 0.759. The van der Waals surface area contributed by atoms with E-state index in [1.165, 1.54) is 0 Å². The highest BCUT2D eigenvalue weighted by Gasteiger charge is 2.29. The average Bonchev–Trinajstić information content (AvgIpc) is 3.43. The third kappa shape index (κ3) is 2.98. The first kappa shape index (κ1) is 16.8. The summed E-state index contributed by atoms with van der Waals surface area (Å²) in [7, 11) is 0. The maximum Gasteiger partial charge on any atom is 0.254 e. The van der Waals surface area contributed by atoms with E-state index in [9.17, 15) is 4.79 Å². The standard InChI is InChI=1S/C21H20N4O3/c26-21(15-3-4-18-19(10-15)28-13-27-18)25-9-1-2-16(12-25)20-17(11-23-24-20)14-5-7-22-8-6-14/h3-8,10-11,16H,1-2,9,12-13H2,(H,23,24)/t16-/m1/s1. The number of hydrogen-bond donors (Lipinski definition) is 1. The van der Waals surface area contributed by atoms with Crippen LogP contribution in [0.4, 0.5) is 0 Å². The zero-order valence-corrected chi connectivity index (χ0v) is 15.3. The first-order chi connectivity index (χ1) is 13.8. The SMILES string of the molecule is O=C(c1ccc2c(c1)OCO2)N1CCC[C@@H](c2[nH]ncc2-c2ccncc2)C1. The van der Waals surface area contributed by atoms with Crippen molar-refractivity contribution < 1.29 is 14.3 Å². The van der Waals surface area contributed by atoms with Gasteiger partial charge < -0.3 is 14.4 Å². The van der Waals surface area contributed by atoms with Crippen LogP contribution in [-0.2, 0) is 0 Å². The van der Waals surface area contributed by atoms with Gasteiger partial charge >= 0.3 is 0 Å². The Balaban J connectivity index is 1.37. The van der Waals surface area contributed by atoms with E-state index in [2.05, 4.69) is 15.2 Å². The fraction of sp³-hybridized carbons (Fsp3) is 0.286. The van der Waals surface area contributed by atoms with Gasteiger partial charge in [-0.15, -0.1) is 0 Å². The Morgan fingerprint density at radius 2 is 2.00 bits per heavy atom. The number of aromatic amines is 1. The highest BCUT2D eigenvalue weighted by molar-refractivity contribution is 5.95. The van der Waals surface area contributed by atoms with E-state index >= 15 is 0 Å². The average molecular weight is 376 g/mol. The molecule has 3 aromatic rings. The first-order valence-corrected chi connectivity index (χ1v) is 9.42. The second kappa shape index (κ2) is 6.99. The highest BCUT2D eigenvalue weighted by Crippen LogP contribution is 2.35. The third-order valence-corrected chi connectivity index (χ3v) is 5.40. The fourth-order valence-electron chi connectivity index (χ4n) is 3.98. The number of fused-ring (bicyclic) bond motifs is 1. The molecule has 1 atom stereocenters. The lowest BCUT2D eigenvalue weighted by Crippen LogP contribution is -2.39. The molecule has 7 heteroatoms. The van der Waals surface area contributed by atoms with Gasteiger partial charge in [-0.1, -0.05) is 0 Å². The molecule has 2 aromatic heterocycles. The minimum absolute atomic E-state index is 0.0213. The van der Waals surface area contributed by atoms with Gasteiger partial charge in [0.2, 0.25) is 6.79 Å². The van der Waals surface area contributed by atoms with Crippen LogP contribution >= 0.6 is 0 Å². The van der Waals surface area contributed by atoms with Crippen LogP contribution in [-0.4, -0.2) is 45.9 Å². The minimum Gasteiger partial charge on any atom is -0.454 e. The van der Waals surface area contributed by atoms with Crippen LogP contribution in [0.3, 0.4) is 0 Å². The van der Waals surface area contributed by atoms with Crippen LogP contribution < -0.4 is 9.47 Å². The number of likely N-dealkylation sites (tertiary alicyclic amines) is 1. The van der Waals surface area contributed by atoms with E-state index in [-0.39, 0.29) is 18.6 Å². The van der Waals surface area contributed by atoms with E-state index in [0.717, 1.165) is 36.2 Å². The summed E-state index contributed by atoms with van der Waals surface area (Å²) in [6, 6.07) is 9.33. The largest absolute Gasteiger partial charge is 0.454 e. The molecule has 0 radical (unpaired) electrons. The Morgan fingerprint density at radius 3 is 2.89 bits per heavy atom. The van der Waals surface area contributed by atoms with Crippen molar-refractivity contribution >= 4 is 5.91 Å². The zero-order chi connectivity index (χ0) is 18.9. The van der Waals surface area contributed by atoms with Crippen molar-refractivity contribution in [3.63, 3.8) is 0 Å². The molecule has 1 aromatic carbocycles. The summed E-state index contributed by atoms with van der Waals surface area (Å²) in [5, 5.41) is 7.42. The maximum absolute atomic E-state index is 13.1. The lowest BCUT2D eigenvalue weighted by Gasteiger charge is -2.33. The van der Waals surface area contributed by atoms with Crippen LogP contribution in [0.15, 0.2) is 48.9 Å². The number of nitrogens with one attached hydrogen (secondary N) is 1. The highest BCUT2D eigenvalue weighted by atomic mass is 16.7. The molecular weight excluding hydrogens is 356 g/mol. The number of nitrogens with zero attached hydrogens (tertiary/aromatic N) is 3. The van der Waals surface area contributed by atoms with E-state index < -0.39 is 0 Å². The summed E-state index contributed by atoms with van der Waals surface area (Å²) in [6.45, 7) is 1.62. The molecule has 1 N–H and O–H groups in total. The number of pyridine rings is 1. The van der Waals surface area contributed by atoms with Gasteiger partial charge in [0, 0.05) is 48.2 Å². The minimum atomic E-state index is 0.0213. The number of piperidine rings is 1. The fourth-order valence-corrected chi connectivity index (χ4v) is 3.98. The molecule has 2 aliphatic heterocycles. The van der Waals surface area contributed by atoms with E-state index in [1.807, 2.05) is 23.2 Å². The molecule has 0 unspecified atom stereocenters. The van der Waals surface area contributed by atoms with Crippen molar-refractivity contribution in [3.05, 3.63) is 60.2 Å². The summed E-state index contributed by atoms with van der Waals surface area (Å²) in [6.07, 6.45) is 7.38. The third-order valence-electron chi connectivity index (χ3n) is 5.40. The van der Waals surface area contributed by atoms with Gasteiger partial charge in [0.05, 0.1) is 6.20 Å². The molecule has 0 spiro atoms. The van der Waals surface area contributed by atoms with Gasteiger partial charge in [0.25, 0.3) is 5.91 Å². The van der Waals surface area contributed by atoms with Gasteiger partial charge in [0.15, 0.2) is 11.5 Å². The number of H-pyrrole nitrogens is 1. The van der Waals surface area contributed by atoms with Crippen molar-refractivity contribution in [2.75, 3.05) is 19.9 Å². The molecule has 4 heterocycles. The first-order valence-electron chi connectivity index (χ1n) is 9.42. The second-order valence-electron chi connectivity index (χ2n) is 7.09. The number of ether oxygens (including phenoxy) is 2. The number of hydrogen-bond acceptors (Lipinski definition) is 5. The van der Waals surface area contributed by atoms with Gasteiger partial charge in [0.1, 0.15) is 0 Å². The summed E-state index contributed by atoms with van der Waals surface area (Å²) < 4.78 is 10.7. The number of rotatable bonds is 3. The molecule has 2 aliphatic rings. The van der Waals surface area contributed by atoms with Gasteiger partial charge in [-0.3, -0.25) is 14.9 Å². The molecule has 1 fully saturated rings. The van der Waals surface area contributed by atoms with E-state index in [1.54, 1.807) is 30.6 Å². The lowest BCUT2D eigenvalue weighted by atomic mass is 9.90. The van der Waals surface area contributed by atoms with Crippen molar-refractivity contribution in [2.45, 2.75) is 18.8 Å². The predicted molar refractivity (Wildman–Crippen MR) is 102 cm³/mol. The Hall–Kier alpha value is -3.35. The Labute approximate surface area is 162 Å². The second-order valence-corrected chi connectivity index (χ2v) is 7.09. The van der Waals surface area contributed by atoms with E-state index in [0.29, 0.717) is 23.6 Å². The lowest BCUT2D eigenvalue weighted by molar-refractivity contribution is 0.0705. The van der Waals surface area contributed by atoms with E-state index in [4.69, 9.17) is 9.47 Å². The van der Waals surface area contributed by atoms with Crippen LogP contribution in [0.2, 0.25) is 0 Å². The molecular formula is C21H20N4O3. The van der Waals surface area contributed by atoms with Crippen molar-refractivity contribution in [2.24, 2.45) is 0 Å². The monoisotopic (exact) mass is 376 g/mol. The molecule has 1 amide bonds. The molecule has 1 saturated heterocycles. The normalized spacial score (nSPS) is 18.3. The molecule has 142 valence electrons. The number of carbonyl (C=O) groups is 1. The van der Waals surface area contributed by atoms with Crippen LogP contribution in [0.5, 0.6) is 11.5 Å². The molecule has 28 heavy (non-hydrogen) atoms. The number of aromatic nitrogens is 3. The Bertz CT molecular complexity index is 1000. The summed E-state index contributed by atoms with van der Waals surface area (Å²) in [5.41, 5.74) is 3.86. The Morgan fingerprint density at radius 1 is 1.14 bits per heavy atom. The topological polar surface area (TPSA) is 80.3 Å². The Kier molecular flexibility index (Phi) is 4.20. The molecule has 0 aliphatic carbocycles. The molecule has 5 rings (SSSR count). The van der Waals surface area contributed by atoms with Gasteiger partial charge in [-0.2, -0.15) is 5.10 Å². The summed E-state index contributed by atoms with van der Waals surface area (Å²) in [4.78, 5) is 19.1. The number of carbonyl (C=O) groups excluding carboxylic acids is 1. The molecule has 0 saturated carbocycles. The van der Waals surface area contributed by atoms with Crippen molar-refractivity contribution in [1.29, 1.82) is 0 Å².